The van der Waals surface area contributed by atoms with Gasteiger partial charge in [0.1, 0.15) is 11.0 Å². The van der Waals surface area contributed by atoms with Crippen LogP contribution in [0.3, 0.4) is 0 Å². The lowest BCUT2D eigenvalue weighted by Gasteiger charge is -2.35. The van der Waals surface area contributed by atoms with Gasteiger partial charge < -0.3 is 0 Å². The third-order valence-corrected chi connectivity index (χ3v) is 3.96. The van der Waals surface area contributed by atoms with E-state index in [0.717, 1.165) is 0 Å². The van der Waals surface area contributed by atoms with Crippen LogP contribution in [0.2, 0.25) is 0 Å². The van der Waals surface area contributed by atoms with E-state index in [1.54, 1.807) is 6.08 Å². The van der Waals surface area contributed by atoms with Crippen molar-refractivity contribution in [1.29, 1.82) is 0 Å². The average Bonchev–Trinajstić information content (AvgIpc) is 2.21. The largest absolute Gasteiger partial charge is 0.339 e. The molecule has 0 aromatic heterocycles. The fourth-order valence-corrected chi connectivity index (χ4v) is 2.08. The van der Waals surface area contributed by atoms with Crippen LogP contribution in [0, 0.1) is 5.92 Å². The molecule has 0 aromatic carbocycles. The Kier molecular flexibility index (Phi) is 4.90. The van der Waals surface area contributed by atoms with Gasteiger partial charge in [0, 0.05) is 6.92 Å². The number of halogens is 3. The molecule has 0 saturated carbocycles. The highest BCUT2D eigenvalue weighted by Crippen LogP contribution is 2.41. The van der Waals surface area contributed by atoms with Crippen molar-refractivity contribution in [3.8, 4) is 0 Å². The smallest absolute Gasteiger partial charge is 0.298 e. The Morgan fingerprint density at radius 3 is 2.47 bits per heavy atom. The van der Waals surface area contributed by atoms with Gasteiger partial charge in [-0.1, -0.05) is 37.0 Å². The summed E-state index contributed by atoms with van der Waals surface area (Å²) in [6.45, 7) is 5.05. The van der Waals surface area contributed by atoms with Crippen molar-refractivity contribution >= 4 is 40.8 Å². The molecule has 0 saturated heterocycles. The lowest BCUT2D eigenvalue weighted by molar-refractivity contribution is -0.292. The van der Waals surface area contributed by atoms with Crippen molar-refractivity contribution in [2.45, 2.75) is 31.7 Å². The maximum atomic E-state index is 10.7. The standard InChI is InChI=1S/C11H13Cl3O3/c1-6(2)11(14)5-9(13)8(12)4-10(11)17-16-7(3)15/h4-6,10H,1-3H3. The van der Waals surface area contributed by atoms with Crippen molar-refractivity contribution in [2.24, 2.45) is 5.92 Å². The van der Waals surface area contributed by atoms with Gasteiger partial charge in [0.2, 0.25) is 0 Å². The molecular formula is C11H13Cl3O3. The number of hydrogen-bond donors (Lipinski definition) is 0. The Balaban J connectivity index is 2.96. The molecule has 0 bridgehead atoms. The number of carbonyl (C=O) groups is 1. The van der Waals surface area contributed by atoms with Gasteiger partial charge in [-0.15, -0.1) is 11.6 Å². The molecule has 96 valence electrons. The van der Waals surface area contributed by atoms with Crippen molar-refractivity contribution in [2.75, 3.05) is 0 Å². The van der Waals surface area contributed by atoms with Gasteiger partial charge in [-0.2, -0.15) is 4.89 Å². The minimum atomic E-state index is -0.898. The molecule has 0 aliphatic heterocycles. The molecule has 0 radical (unpaired) electrons. The van der Waals surface area contributed by atoms with E-state index in [0.29, 0.717) is 10.1 Å². The van der Waals surface area contributed by atoms with E-state index < -0.39 is 16.9 Å². The second-order valence-electron chi connectivity index (χ2n) is 4.08. The second-order valence-corrected chi connectivity index (χ2v) is 5.55. The Hall–Kier alpha value is -0.220. The molecule has 2 unspecified atom stereocenters. The van der Waals surface area contributed by atoms with E-state index in [1.165, 1.54) is 13.0 Å². The van der Waals surface area contributed by atoms with Crippen LogP contribution >= 0.6 is 34.8 Å². The van der Waals surface area contributed by atoms with E-state index >= 15 is 0 Å². The van der Waals surface area contributed by atoms with Crippen LogP contribution in [0.1, 0.15) is 20.8 Å². The van der Waals surface area contributed by atoms with Crippen molar-refractivity contribution in [3.05, 3.63) is 22.2 Å². The van der Waals surface area contributed by atoms with Gasteiger partial charge in [0.25, 0.3) is 0 Å². The summed E-state index contributed by atoms with van der Waals surface area (Å²) in [6.07, 6.45) is 2.46. The lowest BCUT2D eigenvalue weighted by Crippen LogP contribution is -2.42. The fraction of sp³-hybridized carbons (Fsp3) is 0.545. The van der Waals surface area contributed by atoms with Gasteiger partial charge in [0.05, 0.1) is 10.1 Å². The Morgan fingerprint density at radius 1 is 1.41 bits per heavy atom. The van der Waals surface area contributed by atoms with Crippen molar-refractivity contribution < 1.29 is 14.6 Å². The highest BCUT2D eigenvalue weighted by atomic mass is 35.5. The number of allylic oxidation sites excluding steroid dienone is 2. The lowest BCUT2D eigenvalue weighted by atomic mass is 9.86. The van der Waals surface area contributed by atoms with Gasteiger partial charge in [-0.05, 0) is 18.1 Å². The van der Waals surface area contributed by atoms with E-state index in [4.69, 9.17) is 39.7 Å². The topological polar surface area (TPSA) is 35.5 Å². The number of hydrogen-bond acceptors (Lipinski definition) is 3. The summed E-state index contributed by atoms with van der Waals surface area (Å²) in [5, 5.41) is 0.679. The SMILES string of the molecule is CC(=O)OOC1C=C(Cl)C(Cl)=CC1(Cl)C(C)C. The zero-order valence-electron chi connectivity index (χ0n) is 9.67. The predicted molar refractivity (Wildman–Crippen MR) is 67.9 cm³/mol. The van der Waals surface area contributed by atoms with Crippen LogP contribution in [-0.2, 0) is 14.6 Å². The number of carbonyl (C=O) groups excluding carboxylic acids is 1. The molecule has 1 aliphatic rings. The van der Waals surface area contributed by atoms with Gasteiger partial charge in [-0.25, -0.2) is 4.79 Å². The first-order valence-corrected chi connectivity index (χ1v) is 6.19. The van der Waals surface area contributed by atoms with Crippen LogP contribution in [0.15, 0.2) is 22.2 Å². The summed E-state index contributed by atoms with van der Waals surface area (Å²) in [6, 6.07) is 0. The maximum Gasteiger partial charge on any atom is 0.339 e. The van der Waals surface area contributed by atoms with E-state index in [-0.39, 0.29) is 5.92 Å². The summed E-state index contributed by atoms with van der Waals surface area (Å²) in [7, 11) is 0. The van der Waals surface area contributed by atoms with E-state index in [2.05, 4.69) is 4.89 Å². The monoisotopic (exact) mass is 298 g/mol. The maximum absolute atomic E-state index is 10.7. The summed E-state index contributed by atoms with van der Waals surface area (Å²) in [5.74, 6) is -0.544. The van der Waals surface area contributed by atoms with Gasteiger partial charge in [-0.3, -0.25) is 4.89 Å². The molecule has 0 N–H and O–H groups in total. The molecule has 1 rings (SSSR count). The summed E-state index contributed by atoms with van der Waals surface area (Å²) in [5.41, 5.74) is 0. The first kappa shape index (κ1) is 14.8. The minimum absolute atomic E-state index is 0.0134. The highest BCUT2D eigenvalue weighted by Gasteiger charge is 2.42. The molecule has 0 amide bonds. The highest BCUT2D eigenvalue weighted by molar-refractivity contribution is 6.44. The number of rotatable bonds is 3. The molecule has 2 atom stereocenters. The molecule has 1 aliphatic carbocycles. The molecule has 0 fully saturated rings. The molecular weight excluding hydrogens is 286 g/mol. The molecule has 3 nitrogen and oxygen atoms in total. The van der Waals surface area contributed by atoms with Crippen molar-refractivity contribution in [3.63, 3.8) is 0 Å². The predicted octanol–water partition coefficient (Wildman–Crippen LogP) is 3.74. The average molecular weight is 300 g/mol. The minimum Gasteiger partial charge on any atom is -0.298 e. The molecule has 17 heavy (non-hydrogen) atoms. The van der Waals surface area contributed by atoms with Crippen LogP contribution in [-0.4, -0.2) is 16.9 Å². The zero-order valence-corrected chi connectivity index (χ0v) is 11.9. The first-order chi connectivity index (χ1) is 7.77. The molecule has 0 heterocycles. The molecule has 6 heteroatoms. The molecule has 0 spiro atoms. The van der Waals surface area contributed by atoms with Crippen LogP contribution < -0.4 is 0 Å². The first-order valence-electron chi connectivity index (χ1n) is 5.06. The summed E-state index contributed by atoms with van der Waals surface area (Å²) in [4.78, 5) is 19.3. The third-order valence-electron chi connectivity index (χ3n) is 2.46. The van der Waals surface area contributed by atoms with Crippen LogP contribution in [0.25, 0.3) is 0 Å². The Bertz CT molecular complexity index is 376. The molecule has 0 aromatic rings. The Morgan fingerprint density at radius 2 is 2.00 bits per heavy atom. The van der Waals surface area contributed by atoms with Crippen molar-refractivity contribution in [1.82, 2.24) is 0 Å². The van der Waals surface area contributed by atoms with E-state index in [9.17, 15) is 4.79 Å². The van der Waals surface area contributed by atoms with Gasteiger partial charge >= 0.3 is 5.97 Å². The summed E-state index contributed by atoms with van der Waals surface area (Å²) < 4.78 is 0. The third kappa shape index (κ3) is 3.38. The van der Waals surface area contributed by atoms with Gasteiger partial charge in [0.15, 0.2) is 0 Å². The Labute approximate surface area is 115 Å². The second kappa shape index (κ2) is 5.61. The summed E-state index contributed by atoms with van der Waals surface area (Å²) >= 11 is 18.3. The van der Waals surface area contributed by atoms with Crippen LogP contribution in [0.4, 0.5) is 0 Å². The van der Waals surface area contributed by atoms with E-state index in [1.807, 2.05) is 13.8 Å². The number of alkyl halides is 1. The quantitative estimate of drug-likeness (QED) is 0.452. The normalized spacial score (nSPS) is 28.8. The fourth-order valence-electron chi connectivity index (χ4n) is 1.40. The zero-order chi connectivity index (χ0) is 13.2. The van der Waals surface area contributed by atoms with Crippen LogP contribution in [0.5, 0.6) is 0 Å².